The molecule has 4 rings (SSSR count). The van der Waals surface area contributed by atoms with Crippen molar-refractivity contribution in [2.45, 2.75) is 13.8 Å². The molecule has 1 aliphatic rings. The minimum Gasteiger partial charge on any atom is -0.494 e. The van der Waals surface area contributed by atoms with Gasteiger partial charge in [-0.2, -0.15) is 0 Å². The second kappa shape index (κ2) is 8.14. The molecule has 0 aliphatic carbocycles. The van der Waals surface area contributed by atoms with Gasteiger partial charge in [-0.25, -0.2) is 14.4 Å². The van der Waals surface area contributed by atoms with Crippen LogP contribution in [0.2, 0.25) is 0 Å². The second-order valence-electron chi connectivity index (χ2n) is 7.32. The van der Waals surface area contributed by atoms with E-state index in [-0.39, 0.29) is 17.1 Å². The fourth-order valence-electron chi connectivity index (χ4n) is 3.54. The maximum absolute atomic E-state index is 14.0. The zero-order valence-corrected chi connectivity index (χ0v) is 17.3. The van der Waals surface area contributed by atoms with Gasteiger partial charge in [0.2, 0.25) is 0 Å². The van der Waals surface area contributed by atoms with Gasteiger partial charge in [-0.1, -0.05) is 0 Å². The SMILES string of the molecule is COc1ccc(N2CCN(c3ccc(-c4nc(C)c(C)c(=O)[nH]4)cn3)CC2)cc1F. The number of pyridine rings is 1. The lowest BCUT2D eigenvalue weighted by Gasteiger charge is -2.36. The van der Waals surface area contributed by atoms with Crippen molar-refractivity contribution in [1.82, 2.24) is 15.0 Å². The van der Waals surface area contributed by atoms with E-state index in [9.17, 15) is 9.18 Å². The molecule has 0 saturated carbocycles. The summed E-state index contributed by atoms with van der Waals surface area (Å²) in [4.78, 5) is 28.2. The number of hydrogen-bond donors (Lipinski definition) is 1. The van der Waals surface area contributed by atoms with Crippen molar-refractivity contribution in [1.29, 1.82) is 0 Å². The van der Waals surface area contributed by atoms with E-state index < -0.39 is 0 Å². The molecule has 1 saturated heterocycles. The van der Waals surface area contributed by atoms with Gasteiger partial charge in [-0.3, -0.25) is 4.79 Å². The summed E-state index contributed by atoms with van der Waals surface area (Å²) in [6, 6.07) is 8.90. The Morgan fingerprint density at radius 3 is 2.40 bits per heavy atom. The molecule has 8 heteroatoms. The highest BCUT2D eigenvalue weighted by Gasteiger charge is 2.19. The highest BCUT2D eigenvalue weighted by Crippen LogP contribution is 2.25. The summed E-state index contributed by atoms with van der Waals surface area (Å²) in [5.41, 5.74) is 2.82. The standard InChI is InChI=1S/C22H24FN5O2/c1-14-15(2)25-21(26-22(14)29)16-4-7-20(24-13-16)28-10-8-27(9-11-28)17-5-6-19(30-3)18(23)12-17/h4-7,12-13H,8-11H2,1-3H3,(H,25,26,29). The van der Waals surface area contributed by atoms with Gasteiger partial charge < -0.3 is 19.5 Å². The Labute approximate surface area is 174 Å². The summed E-state index contributed by atoms with van der Waals surface area (Å²) in [6.45, 7) is 6.66. The highest BCUT2D eigenvalue weighted by atomic mass is 19.1. The van der Waals surface area contributed by atoms with Crippen LogP contribution in [0.4, 0.5) is 15.9 Å². The Bertz CT molecular complexity index is 1110. The molecular weight excluding hydrogens is 385 g/mol. The Morgan fingerprint density at radius 1 is 1.07 bits per heavy atom. The number of rotatable bonds is 4. The number of benzene rings is 1. The molecule has 0 bridgehead atoms. The zero-order valence-electron chi connectivity index (χ0n) is 17.3. The summed E-state index contributed by atoms with van der Waals surface area (Å²) in [5.74, 6) is 1.29. The molecule has 1 aromatic carbocycles. The Morgan fingerprint density at radius 2 is 1.80 bits per heavy atom. The van der Waals surface area contributed by atoms with Crippen LogP contribution in [0.3, 0.4) is 0 Å². The third-order valence-corrected chi connectivity index (χ3v) is 5.52. The predicted molar refractivity (Wildman–Crippen MR) is 115 cm³/mol. The minimum atomic E-state index is -0.354. The molecule has 2 aromatic heterocycles. The van der Waals surface area contributed by atoms with Crippen molar-refractivity contribution in [2.75, 3.05) is 43.1 Å². The predicted octanol–water partition coefficient (Wildman–Crippen LogP) is 2.92. The fraction of sp³-hybridized carbons (Fsp3) is 0.318. The van der Waals surface area contributed by atoms with Crippen LogP contribution >= 0.6 is 0 Å². The van der Waals surface area contributed by atoms with E-state index in [1.807, 2.05) is 25.1 Å². The maximum Gasteiger partial charge on any atom is 0.254 e. The average Bonchev–Trinajstić information content (AvgIpc) is 2.77. The van der Waals surface area contributed by atoms with Gasteiger partial charge in [-0.05, 0) is 38.1 Å². The second-order valence-corrected chi connectivity index (χ2v) is 7.32. The van der Waals surface area contributed by atoms with Crippen LogP contribution in [-0.4, -0.2) is 48.2 Å². The van der Waals surface area contributed by atoms with E-state index >= 15 is 0 Å². The molecule has 30 heavy (non-hydrogen) atoms. The molecule has 0 unspecified atom stereocenters. The van der Waals surface area contributed by atoms with E-state index in [0.717, 1.165) is 43.2 Å². The van der Waals surface area contributed by atoms with Crippen LogP contribution in [-0.2, 0) is 0 Å². The first kappa shape index (κ1) is 19.9. The molecule has 7 nitrogen and oxygen atoms in total. The molecule has 1 fully saturated rings. The molecule has 0 amide bonds. The van der Waals surface area contributed by atoms with Gasteiger partial charge >= 0.3 is 0 Å². The van der Waals surface area contributed by atoms with Crippen molar-refractivity contribution in [3.05, 3.63) is 64.0 Å². The summed E-state index contributed by atoms with van der Waals surface area (Å²) < 4.78 is 19.0. The molecule has 3 heterocycles. The number of halogens is 1. The molecule has 3 aromatic rings. The van der Waals surface area contributed by atoms with E-state index in [4.69, 9.17) is 4.74 Å². The van der Waals surface area contributed by atoms with Crippen LogP contribution in [0, 0.1) is 19.7 Å². The molecule has 156 valence electrons. The minimum absolute atomic E-state index is 0.132. The van der Waals surface area contributed by atoms with Gasteiger partial charge in [0, 0.05) is 61.0 Å². The average molecular weight is 409 g/mol. The van der Waals surface area contributed by atoms with Gasteiger partial charge in [0.25, 0.3) is 5.56 Å². The van der Waals surface area contributed by atoms with Gasteiger partial charge in [0.15, 0.2) is 11.6 Å². The third-order valence-electron chi connectivity index (χ3n) is 5.52. The van der Waals surface area contributed by atoms with Crippen molar-refractivity contribution in [3.63, 3.8) is 0 Å². The highest BCUT2D eigenvalue weighted by molar-refractivity contribution is 5.57. The number of methoxy groups -OCH3 is 1. The molecule has 1 aliphatic heterocycles. The molecule has 1 N–H and O–H groups in total. The monoisotopic (exact) mass is 409 g/mol. The van der Waals surface area contributed by atoms with Crippen molar-refractivity contribution < 1.29 is 9.13 Å². The summed E-state index contributed by atoms with van der Waals surface area (Å²) in [5, 5.41) is 0. The van der Waals surface area contributed by atoms with Crippen LogP contribution in [0.15, 0.2) is 41.3 Å². The lowest BCUT2D eigenvalue weighted by atomic mass is 10.2. The number of anilines is 2. The normalized spacial score (nSPS) is 14.1. The van der Waals surface area contributed by atoms with Crippen LogP contribution in [0.25, 0.3) is 11.4 Å². The van der Waals surface area contributed by atoms with Crippen LogP contribution < -0.4 is 20.1 Å². The van der Waals surface area contributed by atoms with Crippen molar-refractivity contribution >= 4 is 11.5 Å². The van der Waals surface area contributed by atoms with Crippen molar-refractivity contribution in [3.8, 4) is 17.1 Å². The quantitative estimate of drug-likeness (QED) is 0.714. The van der Waals surface area contributed by atoms with Gasteiger partial charge in [0.1, 0.15) is 11.6 Å². The van der Waals surface area contributed by atoms with Crippen LogP contribution in [0.1, 0.15) is 11.3 Å². The number of H-pyrrole nitrogens is 1. The van der Waals surface area contributed by atoms with E-state index in [2.05, 4.69) is 24.8 Å². The summed E-state index contributed by atoms with van der Waals surface area (Å²) in [6.07, 6.45) is 1.73. The number of nitrogens with one attached hydrogen (secondary N) is 1. The van der Waals surface area contributed by atoms with E-state index in [1.165, 1.54) is 13.2 Å². The lowest BCUT2D eigenvalue weighted by molar-refractivity contribution is 0.386. The fourth-order valence-corrected chi connectivity index (χ4v) is 3.54. The number of ether oxygens (including phenoxy) is 1. The van der Waals surface area contributed by atoms with Gasteiger partial charge in [0.05, 0.1) is 7.11 Å². The number of nitrogens with zero attached hydrogens (tertiary/aromatic N) is 4. The number of aromatic amines is 1. The number of aromatic nitrogens is 3. The van der Waals surface area contributed by atoms with Gasteiger partial charge in [-0.15, -0.1) is 0 Å². The molecular formula is C22H24FN5O2. The first-order valence-electron chi connectivity index (χ1n) is 9.83. The number of aryl methyl sites for hydroxylation is 1. The lowest BCUT2D eigenvalue weighted by Crippen LogP contribution is -2.46. The number of hydrogen-bond acceptors (Lipinski definition) is 6. The van der Waals surface area contributed by atoms with Crippen molar-refractivity contribution in [2.24, 2.45) is 0 Å². The summed E-state index contributed by atoms with van der Waals surface area (Å²) in [7, 11) is 1.46. The zero-order chi connectivity index (χ0) is 21.3. The first-order valence-corrected chi connectivity index (χ1v) is 9.83. The topological polar surface area (TPSA) is 74.3 Å². The summed E-state index contributed by atoms with van der Waals surface area (Å²) >= 11 is 0. The van der Waals surface area contributed by atoms with Crippen LogP contribution in [0.5, 0.6) is 5.75 Å². The molecule has 0 spiro atoms. The largest absolute Gasteiger partial charge is 0.494 e. The Balaban J connectivity index is 1.44. The molecule has 0 radical (unpaired) electrons. The Hall–Kier alpha value is -3.42. The number of piperazine rings is 1. The smallest absolute Gasteiger partial charge is 0.254 e. The molecule has 0 atom stereocenters. The van der Waals surface area contributed by atoms with E-state index in [0.29, 0.717) is 17.1 Å². The van der Waals surface area contributed by atoms with E-state index in [1.54, 1.807) is 19.2 Å². The Kier molecular flexibility index (Phi) is 5.39. The maximum atomic E-state index is 14.0. The first-order chi connectivity index (χ1) is 14.5. The third kappa shape index (κ3) is 3.85.